The summed E-state index contributed by atoms with van der Waals surface area (Å²) in [5.41, 5.74) is 0.185. The first kappa shape index (κ1) is 19.6. The van der Waals surface area contributed by atoms with Crippen LogP contribution in [0.5, 0.6) is 5.75 Å². The van der Waals surface area contributed by atoms with Crippen molar-refractivity contribution in [1.82, 2.24) is 0 Å². The molecule has 0 saturated carbocycles. The highest BCUT2D eigenvalue weighted by Gasteiger charge is 2.41. The Balaban J connectivity index is 1.81. The average molecular weight is 368 g/mol. The highest BCUT2D eigenvalue weighted by molar-refractivity contribution is 5.35. The van der Waals surface area contributed by atoms with Gasteiger partial charge < -0.3 is 14.2 Å². The van der Waals surface area contributed by atoms with Crippen LogP contribution in [0.1, 0.15) is 71.3 Å². The maximum Gasteiger partial charge on any atom is 0.200 e. The molecule has 0 aliphatic carbocycles. The molecule has 2 aliphatic rings. The average Bonchev–Trinajstić information content (AvgIpc) is 2.67. The first-order chi connectivity index (χ1) is 12.4. The molecule has 5 heteroatoms. The van der Waals surface area contributed by atoms with Crippen LogP contribution in [0.15, 0.2) is 12.1 Å². The minimum absolute atomic E-state index is 0.0838. The summed E-state index contributed by atoms with van der Waals surface area (Å²) in [6.07, 6.45) is 6.02. The van der Waals surface area contributed by atoms with Gasteiger partial charge in [0, 0.05) is 6.42 Å². The van der Waals surface area contributed by atoms with Crippen molar-refractivity contribution in [2.75, 3.05) is 13.2 Å². The largest absolute Gasteiger partial charge is 0.462 e. The Bertz CT molecular complexity index is 612. The molecule has 2 aliphatic heterocycles. The number of hydrogen-bond acceptors (Lipinski definition) is 3. The van der Waals surface area contributed by atoms with Crippen molar-refractivity contribution in [3.63, 3.8) is 0 Å². The van der Waals surface area contributed by atoms with E-state index in [2.05, 4.69) is 13.8 Å². The fraction of sp³-hybridized carbons (Fsp3) is 0.714. The van der Waals surface area contributed by atoms with E-state index in [1.54, 1.807) is 6.07 Å². The van der Waals surface area contributed by atoms with Crippen molar-refractivity contribution in [2.24, 2.45) is 5.41 Å². The Kier molecular flexibility index (Phi) is 5.88. The van der Waals surface area contributed by atoms with Gasteiger partial charge in [-0.2, -0.15) is 4.39 Å². The maximum atomic E-state index is 14.3. The van der Waals surface area contributed by atoms with E-state index >= 15 is 0 Å². The molecule has 3 nitrogen and oxygen atoms in total. The summed E-state index contributed by atoms with van der Waals surface area (Å²) in [6, 6.07) is 2.83. The summed E-state index contributed by atoms with van der Waals surface area (Å²) in [6.45, 7) is 7.55. The molecule has 3 rings (SSSR count). The Morgan fingerprint density at radius 1 is 1.15 bits per heavy atom. The topological polar surface area (TPSA) is 27.7 Å². The molecule has 26 heavy (non-hydrogen) atoms. The van der Waals surface area contributed by atoms with Crippen LogP contribution in [-0.2, 0) is 15.1 Å². The lowest BCUT2D eigenvalue weighted by Gasteiger charge is -2.45. The minimum Gasteiger partial charge on any atom is -0.462 e. The molecule has 0 spiro atoms. The van der Waals surface area contributed by atoms with E-state index in [4.69, 9.17) is 14.2 Å². The molecule has 1 aromatic carbocycles. The van der Waals surface area contributed by atoms with Crippen molar-refractivity contribution < 1.29 is 23.0 Å². The molecule has 0 bridgehead atoms. The third-order valence-corrected chi connectivity index (χ3v) is 6.33. The Labute approximate surface area is 155 Å². The van der Waals surface area contributed by atoms with Crippen LogP contribution in [0.4, 0.5) is 8.78 Å². The molecule has 2 saturated heterocycles. The van der Waals surface area contributed by atoms with Gasteiger partial charge in [0.15, 0.2) is 17.9 Å². The van der Waals surface area contributed by atoms with E-state index in [0.29, 0.717) is 25.2 Å². The van der Waals surface area contributed by atoms with Gasteiger partial charge in [0.1, 0.15) is 0 Å². The number of halogens is 2. The van der Waals surface area contributed by atoms with Crippen molar-refractivity contribution >= 4 is 0 Å². The van der Waals surface area contributed by atoms with Crippen molar-refractivity contribution in [1.29, 1.82) is 0 Å². The van der Waals surface area contributed by atoms with Gasteiger partial charge >= 0.3 is 0 Å². The number of benzene rings is 1. The molecule has 146 valence electrons. The lowest BCUT2D eigenvalue weighted by molar-refractivity contribution is -0.132. The fourth-order valence-electron chi connectivity index (χ4n) is 3.90. The van der Waals surface area contributed by atoms with E-state index in [1.165, 1.54) is 6.07 Å². The van der Waals surface area contributed by atoms with Crippen LogP contribution in [0.25, 0.3) is 0 Å². The molecular formula is C21H30F2O3. The number of ether oxygens (including phenoxy) is 3. The van der Waals surface area contributed by atoms with Gasteiger partial charge in [-0.3, -0.25) is 0 Å². The van der Waals surface area contributed by atoms with E-state index in [1.807, 2.05) is 6.92 Å². The van der Waals surface area contributed by atoms with Crippen molar-refractivity contribution in [2.45, 2.75) is 77.6 Å². The van der Waals surface area contributed by atoms with E-state index < -0.39 is 23.5 Å². The zero-order valence-corrected chi connectivity index (χ0v) is 16.1. The smallest absolute Gasteiger partial charge is 0.200 e. The summed E-state index contributed by atoms with van der Waals surface area (Å²) >= 11 is 0. The Morgan fingerprint density at radius 3 is 2.50 bits per heavy atom. The molecule has 0 aromatic heterocycles. The zero-order valence-electron chi connectivity index (χ0n) is 16.1. The Morgan fingerprint density at radius 2 is 1.92 bits per heavy atom. The molecule has 1 aromatic rings. The van der Waals surface area contributed by atoms with E-state index in [0.717, 1.165) is 38.5 Å². The molecule has 2 unspecified atom stereocenters. The second kappa shape index (κ2) is 7.81. The first-order valence-corrected chi connectivity index (χ1v) is 9.83. The molecule has 2 atom stereocenters. The summed E-state index contributed by atoms with van der Waals surface area (Å²) in [4.78, 5) is 0. The van der Waals surface area contributed by atoms with Crippen LogP contribution < -0.4 is 4.74 Å². The molecule has 0 amide bonds. The summed E-state index contributed by atoms with van der Waals surface area (Å²) in [5.74, 6) is -1.95. The van der Waals surface area contributed by atoms with Gasteiger partial charge in [-0.15, -0.1) is 0 Å². The molecule has 0 radical (unpaired) electrons. The van der Waals surface area contributed by atoms with E-state index in [-0.39, 0.29) is 11.2 Å². The van der Waals surface area contributed by atoms with Crippen molar-refractivity contribution in [3.05, 3.63) is 29.3 Å². The van der Waals surface area contributed by atoms with Gasteiger partial charge in [0.2, 0.25) is 5.82 Å². The second-order valence-electron chi connectivity index (χ2n) is 7.91. The molecule has 0 N–H and O–H groups in total. The van der Waals surface area contributed by atoms with Gasteiger partial charge in [0.25, 0.3) is 0 Å². The SMILES string of the molecule is CCC1(CC)CCC(C)(c2cc(F)c(F)c(OC3CCCCO3)c2)OC1. The first-order valence-electron chi connectivity index (χ1n) is 9.83. The number of rotatable bonds is 5. The van der Waals surface area contributed by atoms with Crippen molar-refractivity contribution in [3.8, 4) is 5.75 Å². The van der Waals surface area contributed by atoms with Gasteiger partial charge in [0.05, 0.1) is 18.8 Å². The zero-order chi connectivity index (χ0) is 18.8. The predicted molar refractivity (Wildman–Crippen MR) is 96.1 cm³/mol. The number of hydrogen-bond donors (Lipinski definition) is 0. The van der Waals surface area contributed by atoms with Gasteiger partial charge in [-0.25, -0.2) is 4.39 Å². The summed E-state index contributed by atoms with van der Waals surface area (Å²) in [7, 11) is 0. The highest BCUT2D eigenvalue weighted by atomic mass is 19.2. The third kappa shape index (κ3) is 3.89. The van der Waals surface area contributed by atoms with Crippen LogP contribution in [0.3, 0.4) is 0 Å². The summed E-state index contributed by atoms with van der Waals surface area (Å²) < 4.78 is 45.9. The molecular weight excluding hydrogens is 338 g/mol. The van der Waals surface area contributed by atoms with Crippen LogP contribution in [0.2, 0.25) is 0 Å². The van der Waals surface area contributed by atoms with E-state index in [9.17, 15) is 8.78 Å². The summed E-state index contributed by atoms with van der Waals surface area (Å²) in [5, 5.41) is 0. The fourth-order valence-corrected chi connectivity index (χ4v) is 3.90. The molecule has 2 fully saturated rings. The standard InChI is InChI=1S/C21H30F2O3/c1-4-21(5-2)10-9-20(3,25-14-21)15-12-16(22)19(23)17(13-15)26-18-8-6-7-11-24-18/h12-13,18H,4-11,14H2,1-3H3. The lowest BCUT2D eigenvalue weighted by atomic mass is 9.73. The van der Waals surface area contributed by atoms with Crippen LogP contribution in [0, 0.1) is 17.0 Å². The Hall–Kier alpha value is -1.20. The minimum atomic E-state index is -0.959. The normalized spacial score (nSPS) is 28.7. The third-order valence-electron chi connectivity index (χ3n) is 6.33. The maximum absolute atomic E-state index is 14.3. The quantitative estimate of drug-likeness (QED) is 0.667. The second-order valence-corrected chi connectivity index (χ2v) is 7.91. The van der Waals surface area contributed by atoms with Crippen LogP contribution >= 0.6 is 0 Å². The monoisotopic (exact) mass is 368 g/mol. The molecule has 2 heterocycles. The van der Waals surface area contributed by atoms with Crippen LogP contribution in [-0.4, -0.2) is 19.5 Å². The lowest BCUT2D eigenvalue weighted by Crippen LogP contribution is -2.40. The highest BCUT2D eigenvalue weighted by Crippen LogP contribution is 2.46. The van der Waals surface area contributed by atoms with Gasteiger partial charge in [-0.1, -0.05) is 13.8 Å². The van der Waals surface area contributed by atoms with Gasteiger partial charge in [-0.05, 0) is 68.6 Å². The predicted octanol–water partition coefficient (Wildman–Crippen LogP) is 5.70.